The molecule has 1 fully saturated rings. The number of carbonyl (C=O) groups excluding carboxylic acids is 1. The number of halogens is 2. The van der Waals surface area contributed by atoms with Crippen LogP contribution in [0.15, 0.2) is 47.5 Å². The van der Waals surface area contributed by atoms with Gasteiger partial charge in [-0.1, -0.05) is 19.9 Å². The van der Waals surface area contributed by atoms with E-state index in [0.717, 1.165) is 30.4 Å². The van der Waals surface area contributed by atoms with E-state index in [-0.39, 0.29) is 24.4 Å². The molecule has 0 bridgehead atoms. The minimum atomic E-state index is -0.640. The molecular weight excluding hydrogens is 502 g/mol. The lowest BCUT2D eigenvalue weighted by atomic mass is 10.1. The summed E-state index contributed by atoms with van der Waals surface area (Å²) in [6.45, 7) is 10.3. The van der Waals surface area contributed by atoms with Crippen molar-refractivity contribution in [1.82, 2.24) is 14.5 Å². The Balaban J connectivity index is 1.48. The average molecular weight is 535 g/mol. The molecular formula is C29H32F2N6O2. The van der Waals surface area contributed by atoms with Crippen LogP contribution in [0.1, 0.15) is 36.8 Å². The van der Waals surface area contributed by atoms with Crippen molar-refractivity contribution in [1.29, 1.82) is 0 Å². The van der Waals surface area contributed by atoms with Crippen molar-refractivity contribution in [3.63, 3.8) is 0 Å². The molecule has 0 aliphatic carbocycles. The number of rotatable bonds is 6. The van der Waals surface area contributed by atoms with Crippen LogP contribution in [0, 0.1) is 17.6 Å². The first-order valence-corrected chi connectivity index (χ1v) is 13.5. The smallest absolute Gasteiger partial charge is 0.283 e. The SMILES string of the molecule is CCN1C(=O)c2nc(-c3ccc(N4CCOCC4)cc3)n(Cc3ccc(F)cc3F)c2N2C[C@@H](C(C)C)N=C12. The first kappa shape index (κ1) is 25.5. The molecule has 6 rings (SSSR count). The zero-order valence-corrected chi connectivity index (χ0v) is 22.4. The highest BCUT2D eigenvalue weighted by atomic mass is 19.1. The summed E-state index contributed by atoms with van der Waals surface area (Å²) in [5, 5.41) is 0. The summed E-state index contributed by atoms with van der Waals surface area (Å²) in [7, 11) is 0. The van der Waals surface area contributed by atoms with Gasteiger partial charge in [0.05, 0.1) is 32.3 Å². The second-order valence-electron chi connectivity index (χ2n) is 10.5. The van der Waals surface area contributed by atoms with Gasteiger partial charge in [0, 0.05) is 42.5 Å². The predicted octanol–water partition coefficient (Wildman–Crippen LogP) is 4.39. The van der Waals surface area contributed by atoms with Gasteiger partial charge in [0.15, 0.2) is 5.69 Å². The molecule has 3 aromatic rings. The van der Waals surface area contributed by atoms with Crippen LogP contribution in [-0.2, 0) is 11.3 Å². The van der Waals surface area contributed by atoms with E-state index >= 15 is 0 Å². The number of carbonyl (C=O) groups is 1. The lowest BCUT2D eigenvalue weighted by molar-refractivity contribution is 0.0841. The summed E-state index contributed by atoms with van der Waals surface area (Å²) >= 11 is 0. The molecule has 39 heavy (non-hydrogen) atoms. The minimum absolute atomic E-state index is 0.00923. The van der Waals surface area contributed by atoms with Gasteiger partial charge in [-0.3, -0.25) is 14.6 Å². The molecule has 0 N–H and O–H groups in total. The molecule has 0 unspecified atom stereocenters. The quantitative estimate of drug-likeness (QED) is 0.470. The van der Waals surface area contributed by atoms with Gasteiger partial charge in [-0.2, -0.15) is 0 Å². The molecule has 0 saturated carbocycles. The number of amides is 1. The Labute approximate surface area is 226 Å². The normalized spacial score (nSPS) is 19.0. The number of aromatic nitrogens is 2. The highest BCUT2D eigenvalue weighted by Crippen LogP contribution is 2.38. The number of aliphatic imine (C=N–C) groups is 1. The molecule has 2 aromatic carbocycles. The second kappa shape index (κ2) is 10.1. The summed E-state index contributed by atoms with van der Waals surface area (Å²) in [5.41, 5.74) is 2.51. The highest BCUT2D eigenvalue weighted by molar-refractivity contribution is 6.18. The lowest BCUT2D eigenvalue weighted by Crippen LogP contribution is -2.50. The third-order valence-electron chi connectivity index (χ3n) is 7.71. The number of hydrogen-bond acceptors (Lipinski definition) is 6. The van der Waals surface area contributed by atoms with E-state index in [1.165, 1.54) is 12.1 Å². The Morgan fingerprint density at radius 2 is 1.82 bits per heavy atom. The zero-order valence-electron chi connectivity index (χ0n) is 22.4. The molecule has 1 amide bonds. The van der Waals surface area contributed by atoms with Gasteiger partial charge in [-0.15, -0.1) is 0 Å². The van der Waals surface area contributed by atoms with Gasteiger partial charge in [0.25, 0.3) is 5.91 Å². The molecule has 1 saturated heterocycles. The van der Waals surface area contributed by atoms with Crippen LogP contribution in [0.5, 0.6) is 0 Å². The number of anilines is 2. The molecule has 10 heteroatoms. The summed E-state index contributed by atoms with van der Waals surface area (Å²) < 4.78 is 36.0. The van der Waals surface area contributed by atoms with Gasteiger partial charge >= 0.3 is 0 Å². The Hall–Kier alpha value is -3.79. The number of nitrogens with zero attached hydrogens (tertiary/aromatic N) is 6. The number of morpholine rings is 1. The van der Waals surface area contributed by atoms with Crippen LogP contribution in [0.3, 0.4) is 0 Å². The molecule has 3 aliphatic rings. The van der Waals surface area contributed by atoms with Crippen LogP contribution in [0.25, 0.3) is 11.4 Å². The number of ether oxygens (including phenoxy) is 1. The first-order valence-electron chi connectivity index (χ1n) is 13.5. The summed E-state index contributed by atoms with van der Waals surface area (Å²) in [6, 6.07) is 11.6. The van der Waals surface area contributed by atoms with Crippen LogP contribution in [0.2, 0.25) is 0 Å². The van der Waals surface area contributed by atoms with E-state index < -0.39 is 11.6 Å². The average Bonchev–Trinajstić information content (AvgIpc) is 3.54. The predicted molar refractivity (Wildman–Crippen MR) is 146 cm³/mol. The van der Waals surface area contributed by atoms with E-state index in [0.29, 0.717) is 55.2 Å². The second-order valence-corrected chi connectivity index (χ2v) is 10.5. The number of fused-ring (bicyclic) bond motifs is 3. The van der Waals surface area contributed by atoms with Crippen LogP contribution in [0.4, 0.5) is 20.3 Å². The fraction of sp³-hybridized carbons (Fsp3) is 0.414. The van der Waals surface area contributed by atoms with Gasteiger partial charge < -0.3 is 14.2 Å². The molecule has 1 aromatic heterocycles. The van der Waals surface area contributed by atoms with Crippen LogP contribution < -0.4 is 9.80 Å². The maximum atomic E-state index is 14.9. The molecule has 8 nitrogen and oxygen atoms in total. The van der Waals surface area contributed by atoms with Crippen LogP contribution in [-0.4, -0.2) is 71.8 Å². The van der Waals surface area contributed by atoms with Gasteiger partial charge in [0.2, 0.25) is 5.96 Å². The van der Waals surface area contributed by atoms with Crippen molar-refractivity contribution in [3.8, 4) is 11.4 Å². The van der Waals surface area contributed by atoms with E-state index in [1.54, 1.807) is 4.90 Å². The van der Waals surface area contributed by atoms with E-state index in [1.807, 2.05) is 40.7 Å². The maximum Gasteiger partial charge on any atom is 0.283 e. The number of guanidine groups is 1. The molecule has 204 valence electrons. The molecule has 3 aliphatic heterocycles. The summed E-state index contributed by atoms with van der Waals surface area (Å²) in [5.74, 6) is 0.529. The maximum absolute atomic E-state index is 14.9. The van der Waals surface area contributed by atoms with E-state index in [9.17, 15) is 13.6 Å². The number of hydrogen-bond donors (Lipinski definition) is 0. The number of imidazole rings is 1. The van der Waals surface area contributed by atoms with Crippen molar-refractivity contribution < 1.29 is 18.3 Å². The van der Waals surface area contributed by atoms with Gasteiger partial charge in [0.1, 0.15) is 23.3 Å². The Bertz CT molecular complexity index is 1430. The first-order chi connectivity index (χ1) is 18.9. The molecule has 1 atom stereocenters. The lowest BCUT2D eigenvalue weighted by Gasteiger charge is -2.34. The van der Waals surface area contributed by atoms with Gasteiger partial charge in [-0.05, 0) is 43.2 Å². The zero-order chi connectivity index (χ0) is 27.3. The van der Waals surface area contributed by atoms with Crippen molar-refractivity contribution in [2.45, 2.75) is 33.4 Å². The summed E-state index contributed by atoms with van der Waals surface area (Å²) in [6.07, 6.45) is 0. The Morgan fingerprint density at radius 1 is 1.08 bits per heavy atom. The Kier molecular flexibility index (Phi) is 6.58. The van der Waals surface area contributed by atoms with E-state index in [2.05, 4.69) is 18.7 Å². The van der Waals surface area contributed by atoms with Gasteiger partial charge in [-0.25, -0.2) is 18.8 Å². The van der Waals surface area contributed by atoms with Crippen molar-refractivity contribution in [3.05, 3.63) is 65.4 Å². The highest BCUT2D eigenvalue weighted by Gasteiger charge is 2.44. The fourth-order valence-corrected chi connectivity index (χ4v) is 5.48. The summed E-state index contributed by atoms with van der Waals surface area (Å²) in [4.78, 5) is 29.4. The molecule has 4 heterocycles. The Morgan fingerprint density at radius 3 is 2.49 bits per heavy atom. The third kappa shape index (κ3) is 4.46. The number of benzene rings is 2. The van der Waals surface area contributed by atoms with Crippen molar-refractivity contribution in [2.75, 3.05) is 49.2 Å². The monoisotopic (exact) mass is 534 g/mol. The fourth-order valence-electron chi connectivity index (χ4n) is 5.48. The standard InChI is InChI=1S/C29H32F2N6O2/c1-4-35-28(38)25-27(37-17-24(18(2)3)32-29(35)37)36(16-20-5-8-21(30)15-23(20)31)26(33-25)19-6-9-22(10-7-19)34-11-13-39-14-12-34/h5-10,15,18,24H,4,11-14,16-17H2,1-3H3/t24-/m0/s1. The van der Waals surface area contributed by atoms with Crippen molar-refractivity contribution >= 4 is 23.4 Å². The van der Waals surface area contributed by atoms with E-state index in [4.69, 9.17) is 14.7 Å². The largest absolute Gasteiger partial charge is 0.378 e. The minimum Gasteiger partial charge on any atom is -0.378 e. The van der Waals surface area contributed by atoms with Crippen LogP contribution >= 0.6 is 0 Å². The molecule has 0 spiro atoms. The van der Waals surface area contributed by atoms with Crippen molar-refractivity contribution in [2.24, 2.45) is 10.9 Å². The molecule has 0 radical (unpaired) electrons. The third-order valence-corrected chi connectivity index (χ3v) is 7.71. The topological polar surface area (TPSA) is 66.2 Å².